The van der Waals surface area contributed by atoms with Crippen LogP contribution in [0.25, 0.3) is 0 Å². The zero-order valence-corrected chi connectivity index (χ0v) is 20.5. The molecule has 0 heterocycles. The van der Waals surface area contributed by atoms with Crippen molar-refractivity contribution in [1.29, 1.82) is 0 Å². The normalized spacial score (nSPS) is 12.0. The van der Waals surface area contributed by atoms with Crippen LogP contribution in [0.3, 0.4) is 0 Å². The Kier molecular flexibility index (Phi) is 7.64. The molecule has 0 saturated carbocycles. The Morgan fingerprint density at radius 1 is 1.17 bits per heavy atom. The summed E-state index contributed by atoms with van der Waals surface area (Å²) in [5.41, 5.74) is 6.44. The molecule has 0 aromatic heterocycles. The number of carboxylic acid groups (broad SMARTS) is 1. The predicted octanol–water partition coefficient (Wildman–Crippen LogP) is 4.56. The number of carboxylic acids is 1. The molecule has 0 radical (unpaired) electrons. The second-order valence-electron chi connectivity index (χ2n) is 4.88. The van der Waals surface area contributed by atoms with Crippen molar-refractivity contribution in [3.63, 3.8) is 0 Å². The quantitative estimate of drug-likeness (QED) is 0.388. The molecule has 5 nitrogen and oxygen atoms in total. The fourth-order valence-electron chi connectivity index (χ4n) is 1.89. The van der Waals surface area contributed by atoms with E-state index in [1.54, 1.807) is 12.1 Å². The molecule has 1 atom stereocenters. The lowest BCUT2D eigenvalue weighted by Gasteiger charge is -2.14. The number of phenols is 1. The topological polar surface area (TPSA) is 92.8 Å². The van der Waals surface area contributed by atoms with Gasteiger partial charge in [0.2, 0.25) is 0 Å². The van der Waals surface area contributed by atoms with E-state index in [1.165, 1.54) is 0 Å². The molecule has 24 heavy (non-hydrogen) atoms. The number of phenolic OH excluding ortho intramolecular Hbond substituents is 1. The Morgan fingerprint density at radius 3 is 2.25 bits per heavy atom. The van der Waals surface area contributed by atoms with Gasteiger partial charge in [-0.2, -0.15) is 0 Å². The van der Waals surface area contributed by atoms with E-state index in [4.69, 9.17) is 15.6 Å². The zero-order chi connectivity index (χ0) is 18.0. The van der Waals surface area contributed by atoms with Crippen LogP contribution in [0.15, 0.2) is 24.3 Å². The monoisotopic (exact) mass is 775 g/mol. The number of rotatable bonds is 5. The van der Waals surface area contributed by atoms with E-state index in [2.05, 4.69) is 90.4 Å². The average molecular weight is 775 g/mol. The van der Waals surface area contributed by atoms with Crippen molar-refractivity contribution >= 4 is 96.3 Å². The van der Waals surface area contributed by atoms with Crippen LogP contribution in [0, 0.1) is 14.3 Å². The van der Waals surface area contributed by atoms with Crippen molar-refractivity contribution in [3.05, 3.63) is 44.1 Å². The fraction of sp³-hybridized carbons (Fsp3) is 0.133. The van der Waals surface area contributed by atoms with Crippen LogP contribution >= 0.6 is 90.4 Å². The molecule has 0 aliphatic carbocycles. The van der Waals surface area contributed by atoms with Crippen molar-refractivity contribution in [1.82, 2.24) is 0 Å². The van der Waals surface area contributed by atoms with Crippen LogP contribution in [0.2, 0.25) is 0 Å². The fourth-order valence-corrected chi connectivity index (χ4v) is 5.72. The Hall–Kier alpha value is 0.390. The summed E-state index contributed by atoms with van der Waals surface area (Å²) in [6, 6.07) is 6.34. The molecule has 0 unspecified atom stereocenters. The van der Waals surface area contributed by atoms with E-state index in [1.807, 2.05) is 12.1 Å². The smallest absolute Gasteiger partial charge is 0.320 e. The van der Waals surface area contributed by atoms with Crippen LogP contribution in [0.4, 0.5) is 0 Å². The number of aliphatic carboxylic acids is 1. The summed E-state index contributed by atoms with van der Waals surface area (Å²) in [5.74, 6) is 0.549. The number of nitrogens with two attached hydrogens (primary N) is 1. The zero-order valence-electron chi connectivity index (χ0n) is 11.9. The van der Waals surface area contributed by atoms with Crippen LogP contribution in [-0.4, -0.2) is 22.2 Å². The number of hydrogen-bond donors (Lipinski definition) is 3. The van der Waals surface area contributed by atoms with Crippen molar-refractivity contribution in [2.45, 2.75) is 12.5 Å². The first kappa shape index (κ1) is 20.7. The van der Waals surface area contributed by atoms with Gasteiger partial charge < -0.3 is 20.7 Å². The maximum atomic E-state index is 10.9. The Balaban J connectivity index is 2.30. The van der Waals surface area contributed by atoms with E-state index < -0.39 is 12.0 Å². The highest BCUT2D eigenvalue weighted by Gasteiger charge is 2.16. The second-order valence-corrected chi connectivity index (χ2v) is 9.52. The first-order chi connectivity index (χ1) is 11.2. The van der Waals surface area contributed by atoms with Gasteiger partial charge in [0.15, 0.2) is 5.75 Å². The van der Waals surface area contributed by atoms with Crippen molar-refractivity contribution in [2.75, 3.05) is 0 Å². The third kappa shape index (κ3) is 5.20. The summed E-state index contributed by atoms with van der Waals surface area (Å²) < 4.78 is 9.14. The molecule has 9 heteroatoms. The first-order valence-corrected chi connectivity index (χ1v) is 10.8. The molecule has 0 bridgehead atoms. The number of benzene rings is 2. The highest BCUT2D eigenvalue weighted by Crippen LogP contribution is 2.36. The predicted molar refractivity (Wildman–Crippen MR) is 125 cm³/mol. The number of halogens is 4. The molecule has 0 saturated heterocycles. The van der Waals surface area contributed by atoms with Crippen LogP contribution < -0.4 is 10.5 Å². The van der Waals surface area contributed by atoms with E-state index in [0.717, 1.165) is 12.7 Å². The maximum absolute atomic E-state index is 10.9. The van der Waals surface area contributed by atoms with E-state index >= 15 is 0 Å². The third-order valence-electron chi connectivity index (χ3n) is 3.04. The molecular weight excluding hydrogens is 764 g/mol. The minimum absolute atomic E-state index is 0.242. The van der Waals surface area contributed by atoms with Gasteiger partial charge in [0.1, 0.15) is 17.5 Å². The van der Waals surface area contributed by atoms with E-state index in [9.17, 15) is 9.90 Å². The number of carbonyl (C=O) groups is 1. The van der Waals surface area contributed by atoms with Gasteiger partial charge in [0, 0.05) is 0 Å². The summed E-state index contributed by atoms with van der Waals surface area (Å²) in [7, 11) is 0. The lowest BCUT2D eigenvalue weighted by atomic mass is 10.1. The van der Waals surface area contributed by atoms with Crippen LogP contribution in [0.1, 0.15) is 5.56 Å². The Morgan fingerprint density at radius 2 is 1.75 bits per heavy atom. The second kappa shape index (κ2) is 8.85. The van der Waals surface area contributed by atoms with Gasteiger partial charge in [-0.05, 0) is 127 Å². The molecule has 0 amide bonds. The molecule has 4 N–H and O–H groups in total. The minimum Gasteiger partial charge on any atom is -0.506 e. The molecule has 2 aromatic rings. The molecule has 128 valence electrons. The molecule has 0 aliphatic heterocycles. The van der Waals surface area contributed by atoms with Crippen molar-refractivity contribution < 1.29 is 19.7 Å². The standard InChI is InChI=1S/C15H11I4NO4/c16-8-4-7(5-9(17)13(8)21)24-14-10(18)1-6(2-11(14)19)3-12(20)15(22)23/h1-2,4-5,12,21H,3,20H2,(H,22,23)/t12-/m0/s1/i18-2. The molecule has 0 fully saturated rings. The van der Waals surface area contributed by atoms with Crippen LogP contribution in [-0.2, 0) is 11.2 Å². The lowest BCUT2D eigenvalue weighted by Crippen LogP contribution is -2.32. The SMILES string of the molecule is N[C@@H](Cc1cc(I)c(Oc2cc(I)c(O)c(I)c2)c([125I])c1)C(=O)O. The van der Waals surface area contributed by atoms with Gasteiger partial charge in [-0.3, -0.25) is 4.79 Å². The van der Waals surface area contributed by atoms with Gasteiger partial charge in [0.05, 0.1) is 14.3 Å². The molecule has 0 spiro atoms. The van der Waals surface area contributed by atoms with Gasteiger partial charge in [-0.15, -0.1) is 0 Å². The minimum atomic E-state index is -1.02. The van der Waals surface area contributed by atoms with Crippen LogP contribution in [0.5, 0.6) is 17.2 Å². The summed E-state index contributed by atoms with van der Waals surface area (Å²) in [6.07, 6.45) is 0.261. The Labute approximate surface area is 193 Å². The number of aromatic hydroxyl groups is 1. The van der Waals surface area contributed by atoms with Gasteiger partial charge >= 0.3 is 5.97 Å². The van der Waals surface area contributed by atoms with Crippen molar-refractivity contribution in [2.24, 2.45) is 5.73 Å². The highest BCUT2D eigenvalue weighted by atomic mass is 127. The third-order valence-corrected chi connectivity index (χ3v) is 6.29. The van der Waals surface area contributed by atoms with Crippen molar-refractivity contribution in [3.8, 4) is 17.2 Å². The van der Waals surface area contributed by atoms with Gasteiger partial charge in [0.25, 0.3) is 0 Å². The maximum Gasteiger partial charge on any atom is 0.320 e. The Bertz CT molecular complexity index is 751. The summed E-state index contributed by atoms with van der Waals surface area (Å²) in [4.78, 5) is 10.9. The largest absolute Gasteiger partial charge is 0.506 e. The van der Waals surface area contributed by atoms with E-state index in [-0.39, 0.29) is 12.2 Å². The molecule has 2 rings (SSSR count). The molecular formula is C15H11I4NO4. The van der Waals surface area contributed by atoms with Gasteiger partial charge in [-0.1, -0.05) is 0 Å². The number of ether oxygens (including phenoxy) is 1. The summed E-state index contributed by atoms with van der Waals surface area (Å²) in [5, 5.41) is 18.8. The van der Waals surface area contributed by atoms with E-state index in [0.29, 0.717) is 18.6 Å². The lowest BCUT2D eigenvalue weighted by molar-refractivity contribution is -0.138. The molecule has 0 aliphatic rings. The van der Waals surface area contributed by atoms with Gasteiger partial charge in [-0.25, -0.2) is 0 Å². The summed E-state index contributed by atoms with van der Waals surface area (Å²) >= 11 is 8.42. The average Bonchev–Trinajstić information content (AvgIpc) is 2.48. The summed E-state index contributed by atoms with van der Waals surface area (Å²) in [6.45, 7) is 0. The number of hydrogen-bond acceptors (Lipinski definition) is 4. The first-order valence-electron chi connectivity index (χ1n) is 6.51. The molecule has 2 aromatic carbocycles. The highest BCUT2D eigenvalue weighted by molar-refractivity contribution is 14.1.